The topological polar surface area (TPSA) is 38.9 Å². The summed E-state index contributed by atoms with van der Waals surface area (Å²) in [5.41, 5.74) is 6.95. The van der Waals surface area contributed by atoms with Crippen molar-refractivity contribution in [3.8, 4) is 0 Å². The van der Waals surface area contributed by atoms with E-state index in [1.807, 2.05) is 0 Å². The van der Waals surface area contributed by atoms with E-state index in [1.54, 1.807) is 23.5 Å². The highest BCUT2D eigenvalue weighted by atomic mass is 32.1. The number of hydrogen-bond acceptors (Lipinski definition) is 3. The third-order valence-corrected chi connectivity index (χ3v) is 5.27. The molecule has 2 aromatic rings. The summed E-state index contributed by atoms with van der Waals surface area (Å²) in [6.07, 6.45) is 5.97. The molecule has 3 rings (SSSR count). The molecule has 0 spiro atoms. The van der Waals surface area contributed by atoms with Crippen LogP contribution in [0.4, 0.5) is 4.39 Å². The maximum atomic E-state index is 13.2. The first-order valence-corrected chi connectivity index (χ1v) is 7.32. The Morgan fingerprint density at radius 1 is 1.28 bits per heavy atom. The zero-order chi connectivity index (χ0) is 12.6. The number of benzene rings is 1. The number of fused-ring (bicyclic) bond motifs is 1. The Labute approximate surface area is 110 Å². The van der Waals surface area contributed by atoms with Crippen molar-refractivity contribution < 1.29 is 4.39 Å². The Bertz CT molecular complexity index is 558. The van der Waals surface area contributed by atoms with E-state index in [0.29, 0.717) is 6.54 Å². The van der Waals surface area contributed by atoms with Crippen LogP contribution in [0, 0.1) is 5.82 Å². The largest absolute Gasteiger partial charge is 0.329 e. The van der Waals surface area contributed by atoms with E-state index in [4.69, 9.17) is 10.7 Å². The van der Waals surface area contributed by atoms with Gasteiger partial charge in [0.1, 0.15) is 10.8 Å². The van der Waals surface area contributed by atoms with Crippen molar-refractivity contribution in [2.75, 3.05) is 6.54 Å². The summed E-state index contributed by atoms with van der Waals surface area (Å²) in [5.74, 6) is -0.192. The Morgan fingerprint density at radius 2 is 2.06 bits per heavy atom. The lowest BCUT2D eigenvalue weighted by molar-refractivity contribution is 0.300. The quantitative estimate of drug-likeness (QED) is 0.900. The zero-order valence-electron chi connectivity index (χ0n) is 10.3. The van der Waals surface area contributed by atoms with E-state index in [9.17, 15) is 4.39 Å². The molecule has 96 valence electrons. The van der Waals surface area contributed by atoms with Gasteiger partial charge in [0.25, 0.3) is 0 Å². The summed E-state index contributed by atoms with van der Waals surface area (Å²) < 4.78 is 14.2. The molecule has 1 aliphatic carbocycles. The van der Waals surface area contributed by atoms with Gasteiger partial charge >= 0.3 is 0 Å². The summed E-state index contributed by atoms with van der Waals surface area (Å²) in [5, 5.41) is 1.10. The smallest absolute Gasteiger partial charge is 0.124 e. The molecule has 1 heterocycles. The molecule has 0 saturated heterocycles. The molecule has 1 fully saturated rings. The third-order valence-electron chi connectivity index (χ3n) is 4.01. The molecule has 2 nitrogen and oxygen atoms in total. The fourth-order valence-corrected chi connectivity index (χ4v) is 4.11. The molecule has 1 aromatic heterocycles. The summed E-state index contributed by atoms with van der Waals surface area (Å²) >= 11 is 1.61. The fraction of sp³-hybridized carbons (Fsp3) is 0.500. The molecule has 1 aliphatic rings. The molecule has 4 heteroatoms. The van der Waals surface area contributed by atoms with Gasteiger partial charge in [0.15, 0.2) is 0 Å². The minimum atomic E-state index is -0.192. The van der Waals surface area contributed by atoms with Crippen molar-refractivity contribution in [1.29, 1.82) is 0 Å². The third kappa shape index (κ3) is 1.93. The van der Waals surface area contributed by atoms with Crippen LogP contribution < -0.4 is 5.73 Å². The Kier molecular flexibility index (Phi) is 3.08. The number of halogens is 1. The van der Waals surface area contributed by atoms with Crippen LogP contribution in [-0.4, -0.2) is 11.5 Å². The summed E-state index contributed by atoms with van der Waals surface area (Å²) in [6, 6.07) is 4.81. The maximum Gasteiger partial charge on any atom is 0.124 e. The number of rotatable bonds is 2. The summed E-state index contributed by atoms with van der Waals surface area (Å²) in [4.78, 5) is 4.69. The Balaban J connectivity index is 2.06. The molecule has 0 unspecified atom stereocenters. The molecule has 0 amide bonds. The zero-order valence-corrected chi connectivity index (χ0v) is 11.1. The lowest BCUT2D eigenvalue weighted by atomic mass is 9.74. The molecule has 18 heavy (non-hydrogen) atoms. The first-order chi connectivity index (χ1) is 8.73. The van der Waals surface area contributed by atoms with Gasteiger partial charge in [-0.1, -0.05) is 19.3 Å². The van der Waals surface area contributed by atoms with Crippen molar-refractivity contribution in [3.63, 3.8) is 0 Å². The van der Waals surface area contributed by atoms with E-state index in [2.05, 4.69) is 0 Å². The predicted octanol–water partition coefficient (Wildman–Crippen LogP) is 3.60. The van der Waals surface area contributed by atoms with Gasteiger partial charge in [-0.3, -0.25) is 0 Å². The second-order valence-corrected chi connectivity index (χ2v) is 6.21. The van der Waals surface area contributed by atoms with Crippen molar-refractivity contribution in [2.24, 2.45) is 5.73 Å². The first-order valence-electron chi connectivity index (χ1n) is 6.50. The molecule has 0 radical (unpaired) electrons. The van der Waals surface area contributed by atoms with E-state index in [-0.39, 0.29) is 11.2 Å². The second-order valence-electron chi connectivity index (χ2n) is 5.18. The van der Waals surface area contributed by atoms with Gasteiger partial charge in [0, 0.05) is 12.0 Å². The Morgan fingerprint density at radius 3 is 2.78 bits per heavy atom. The van der Waals surface area contributed by atoms with Gasteiger partial charge < -0.3 is 5.73 Å². The molecular weight excluding hydrogens is 247 g/mol. The van der Waals surface area contributed by atoms with Crippen LogP contribution in [0.2, 0.25) is 0 Å². The monoisotopic (exact) mass is 264 g/mol. The van der Waals surface area contributed by atoms with E-state index in [1.165, 1.54) is 25.3 Å². The molecule has 2 N–H and O–H groups in total. The molecule has 0 atom stereocenters. The molecule has 1 aromatic carbocycles. The number of nitrogens with two attached hydrogens (primary N) is 1. The lowest BCUT2D eigenvalue weighted by Gasteiger charge is -2.34. The molecule has 0 bridgehead atoms. The van der Waals surface area contributed by atoms with Gasteiger partial charge in [-0.2, -0.15) is 0 Å². The lowest BCUT2D eigenvalue weighted by Crippen LogP contribution is -2.36. The number of thiazole rings is 1. The van der Waals surface area contributed by atoms with Gasteiger partial charge in [-0.25, -0.2) is 9.37 Å². The minimum Gasteiger partial charge on any atom is -0.329 e. The van der Waals surface area contributed by atoms with Crippen molar-refractivity contribution >= 4 is 21.6 Å². The van der Waals surface area contributed by atoms with Crippen LogP contribution in [0.25, 0.3) is 10.2 Å². The number of hydrogen-bond donors (Lipinski definition) is 1. The highest BCUT2D eigenvalue weighted by Gasteiger charge is 2.35. The predicted molar refractivity (Wildman–Crippen MR) is 73.4 cm³/mol. The fourth-order valence-electron chi connectivity index (χ4n) is 2.86. The average Bonchev–Trinajstić information content (AvgIpc) is 2.83. The average molecular weight is 264 g/mol. The first kappa shape index (κ1) is 12.1. The normalized spacial score (nSPS) is 19.2. The maximum absolute atomic E-state index is 13.2. The van der Waals surface area contributed by atoms with Crippen LogP contribution in [-0.2, 0) is 5.41 Å². The number of aromatic nitrogens is 1. The van der Waals surface area contributed by atoms with Gasteiger partial charge in [0.2, 0.25) is 0 Å². The Hall–Kier alpha value is -1.000. The van der Waals surface area contributed by atoms with Crippen molar-refractivity contribution in [1.82, 2.24) is 4.98 Å². The second kappa shape index (κ2) is 4.59. The highest BCUT2D eigenvalue weighted by Crippen LogP contribution is 2.41. The molecule has 0 aliphatic heterocycles. The summed E-state index contributed by atoms with van der Waals surface area (Å²) in [7, 11) is 0. The van der Waals surface area contributed by atoms with Gasteiger partial charge in [-0.15, -0.1) is 11.3 Å². The van der Waals surface area contributed by atoms with Gasteiger partial charge in [-0.05, 0) is 31.0 Å². The number of nitrogens with zero attached hydrogens (tertiary/aromatic N) is 1. The van der Waals surface area contributed by atoms with E-state index in [0.717, 1.165) is 28.1 Å². The molecule has 1 saturated carbocycles. The SMILES string of the molecule is NCC1(c2nc3ccc(F)cc3s2)CCCCC1. The summed E-state index contributed by atoms with van der Waals surface area (Å²) in [6.45, 7) is 0.648. The standard InChI is InChI=1S/C14H17FN2S/c15-10-4-5-11-12(8-10)18-13(17-11)14(9-16)6-2-1-3-7-14/h4-5,8H,1-3,6-7,9,16H2. The highest BCUT2D eigenvalue weighted by molar-refractivity contribution is 7.18. The van der Waals surface area contributed by atoms with Crippen LogP contribution in [0.3, 0.4) is 0 Å². The van der Waals surface area contributed by atoms with Gasteiger partial charge in [0.05, 0.1) is 10.2 Å². The van der Waals surface area contributed by atoms with Crippen LogP contribution in [0.5, 0.6) is 0 Å². The van der Waals surface area contributed by atoms with E-state index >= 15 is 0 Å². The van der Waals surface area contributed by atoms with Crippen LogP contribution in [0.1, 0.15) is 37.1 Å². The van der Waals surface area contributed by atoms with E-state index < -0.39 is 0 Å². The van der Waals surface area contributed by atoms with Crippen LogP contribution in [0.15, 0.2) is 18.2 Å². The van der Waals surface area contributed by atoms with Crippen molar-refractivity contribution in [2.45, 2.75) is 37.5 Å². The molecular formula is C14H17FN2S. The van der Waals surface area contributed by atoms with Crippen molar-refractivity contribution in [3.05, 3.63) is 29.0 Å². The van der Waals surface area contributed by atoms with Crippen LogP contribution >= 0.6 is 11.3 Å². The minimum absolute atomic E-state index is 0.0401.